The van der Waals surface area contributed by atoms with Crippen LogP contribution in [0.4, 0.5) is 0 Å². The number of halogens is 1. The highest BCUT2D eigenvalue weighted by Gasteiger charge is 2.02. The van der Waals surface area contributed by atoms with E-state index in [0.29, 0.717) is 0 Å². The van der Waals surface area contributed by atoms with Gasteiger partial charge in [-0.05, 0) is 30.2 Å². The van der Waals surface area contributed by atoms with Crippen molar-refractivity contribution < 1.29 is 0 Å². The molecule has 0 aliphatic carbocycles. The van der Waals surface area contributed by atoms with Crippen LogP contribution in [-0.2, 0) is 6.54 Å². The molecule has 0 atom stereocenters. The molecule has 0 N–H and O–H groups in total. The minimum absolute atomic E-state index is 0.751. The molecule has 3 rings (SSSR count). The summed E-state index contributed by atoms with van der Waals surface area (Å²) in [5.41, 5.74) is 4.76. The lowest BCUT2D eigenvalue weighted by Gasteiger charge is -2.02. The molecule has 0 spiro atoms. The molecule has 0 unspecified atom stereocenters. The molecule has 0 bridgehead atoms. The summed E-state index contributed by atoms with van der Waals surface area (Å²) in [4.78, 5) is 0. The zero-order valence-electron chi connectivity index (χ0n) is 11.3. The first-order chi connectivity index (χ1) is 9.70. The summed E-state index contributed by atoms with van der Waals surface area (Å²) in [6.45, 7) is 2.88. The number of aryl methyl sites for hydroxylation is 1. The van der Waals surface area contributed by atoms with Crippen LogP contribution in [0, 0.1) is 6.92 Å². The summed E-state index contributed by atoms with van der Waals surface area (Å²) in [5.74, 6) is 0. The largest absolute Gasteiger partial charge is 0.268 e. The van der Waals surface area contributed by atoms with Crippen molar-refractivity contribution in [3.8, 4) is 11.1 Å². The number of hydrogen-bond donors (Lipinski definition) is 0. The van der Waals surface area contributed by atoms with E-state index in [4.69, 9.17) is 11.6 Å². The van der Waals surface area contributed by atoms with Gasteiger partial charge in [-0.15, -0.1) is 0 Å². The van der Waals surface area contributed by atoms with E-state index in [-0.39, 0.29) is 0 Å². The van der Waals surface area contributed by atoms with Gasteiger partial charge in [0.2, 0.25) is 0 Å². The van der Waals surface area contributed by atoms with Crippen molar-refractivity contribution in [3.05, 3.63) is 77.1 Å². The lowest BCUT2D eigenvalue weighted by Crippen LogP contribution is -1.99. The fourth-order valence-corrected chi connectivity index (χ4v) is 2.25. The zero-order valence-corrected chi connectivity index (χ0v) is 12.0. The van der Waals surface area contributed by atoms with E-state index in [9.17, 15) is 0 Å². The van der Waals surface area contributed by atoms with Crippen molar-refractivity contribution in [1.29, 1.82) is 0 Å². The molecule has 100 valence electrons. The van der Waals surface area contributed by atoms with Crippen LogP contribution in [0.1, 0.15) is 11.1 Å². The van der Waals surface area contributed by atoms with Gasteiger partial charge in [-0.3, -0.25) is 4.68 Å². The summed E-state index contributed by atoms with van der Waals surface area (Å²) in [6, 6.07) is 16.3. The molecule has 20 heavy (non-hydrogen) atoms. The van der Waals surface area contributed by atoms with Crippen molar-refractivity contribution in [3.63, 3.8) is 0 Å². The minimum atomic E-state index is 0.751. The zero-order chi connectivity index (χ0) is 13.9. The fraction of sp³-hybridized carbons (Fsp3) is 0.118. The van der Waals surface area contributed by atoms with Crippen molar-refractivity contribution in [1.82, 2.24) is 9.78 Å². The maximum Gasteiger partial charge on any atom is 0.0659 e. The number of benzene rings is 2. The van der Waals surface area contributed by atoms with Crippen LogP contribution in [0.25, 0.3) is 11.1 Å². The fourth-order valence-electron chi connectivity index (χ4n) is 2.12. The van der Waals surface area contributed by atoms with Gasteiger partial charge in [0.25, 0.3) is 0 Å². The van der Waals surface area contributed by atoms with Crippen LogP contribution in [0.2, 0.25) is 5.02 Å². The lowest BCUT2D eigenvalue weighted by atomic mass is 10.1. The summed E-state index contributed by atoms with van der Waals surface area (Å²) in [5, 5.41) is 5.17. The Labute approximate surface area is 123 Å². The number of rotatable bonds is 3. The molecule has 1 aromatic heterocycles. The second-order valence-corrected chi connectivity index (χ2v) is 5.36. The van der Waals surface area contributed by atoms with E-state index < -0.39 is 0 Å². The van der Waals surface area contributed by atoms with Crippen LogP contribution in [0.5, 0.6) is 0 Å². The Kier molecular flexibility index (Phi) is 3.57. The highest BCUT2D eigenvalue weighted by Crippen LogP contribution is 2.21. The molecule has 0 aliphatic heterocycles. The van der Waals surface area contributed by atoms with Gasteiger partial charge in [-0.25, -0.2) is 0 Å². The Hall–Kier alpha value is -2.06. The Morgan fingerprint density at radius 2 is 1.65 bits per heavy atom. The first-order valence-corrected chi connectivity index (χ1v) is 6.92. The van der Waals surface area contributed by atoms with E-state index in [1.165, 1.54) is 11.1 Å². The molecular weight excluding hydrogens is 268 g/mol. The average molecular weight is 283 g/mol. The van der Waals surface area contributed by atoms with E-state index >= 15 is 0 Å². The Morgan fingerprint density at radius 3 is 2.35 bits per heavy atom. The molecule has 1 heterocycles. The third-order valence-electron chi connectivity index (χ3n) is 3.28. The molecular formula is C17H15ClN2. The second-order valence-electron chi connectivity index (χ2n) is 4.92. The number of aromatic nitrogens is 2. The molecule has 0 amide bonds. The molecule has 2 aromatic carbocycles. The van der Waals surface area contributed by atoms with E-state index in [1.807, 2.05) is 35.1 Å². The highest BCUT2D eigenvalue weighted by atomic mass is 35.5. The van der Waals surface area contributed by atoms with Gasteiger partial charge < -0.3 is 0 Å². The summed E-state index contributed by atoms with van der Waals surface area (Å²) in [6.07, 6.45) is 3.94. The predicted octanol–water partition coefficient (Wildman–Crippen LogP) is 4.56. The van der Waals surface area contributed by atoms with Crippen LogP contribution in [0.3, 0.4) is 0 Å². The van der Waals surface area contributed by atoms with Gasteiger partial charge in [0.05, 0.1) is 12.7 Å². The first kappa shape index (κ1) is 12.9. The van der Waals surface area contributed by atoms with Crippen molar-refractivity contribution >= 4 is 11.6 Å². The molecule has 3 heteroatoms. The summed E-state index contributed by atoms with van der Waals surface area (Å²) >= 11 is 5.90. The van der Waals surface area contributed by atoms with Gasteiger partial charge in [0, 0.05) is 16.8 Å². The molecule has 0 saturated carbocycles. The molecule has 0 fully saturated rings. The standard InChI is InChI=1S/C17H15ClN2/c1-13-2-4-14(5-3-13)11-20-12-16(10-19-20)15-6-8-17(18)9-7-15/h2-10,12H,11H2,1H3. The Bertz CT molecular complexity index is 697. The number of nitrogens with zero attached hydrogens (tertiary/aromatic N) is 2. The van der Waals surface area contributed by atoms with Crippen molar-refractivity contribution in [2.75, 3.05) is 0 Å². The normalized spacial score (nSPS) is 10.7. The van der Waals surface area contributed by atoms with Gasteiger partial charge in [-0.2, -0.15) is 5.10 Å². The lowest BCUT2D eigenvalue weighted by molar-refractivity contribution is 0.687. The molecule has 0 radical (unpaired) electrons. The number of hydrogen-bond acceptors (Lipinski definition) is 1. The van der Waals surface area contributed by atoms with Crippen molar-refractivity contribution in [2.45, 2.75) is 13.5 Å². The average Bonchev–Trinajstić information content (AvgIpc) is 2.91. The SMILES string of the molecule is Cc1ccc(Cn2cc(-c3ccc(Cl)cc3)cn2)cc1. The van der Waals surface area contributed by atoms with E-state index in [0.717, 1.165) is 22.7 Å². The first-order valence-electron chi connectivity index (χ1n) is 6.55. The molecule has 2 nitrogen and oxygen atoms in total. The van der Waals surface area contributed by atoms with Crippen LogP contribution >= 0.6 is 11.6 Å². The smallest absolute Gasteiger partial charge is 0.0659 e. The van der Waals surface area contributed by atoms with Crippen molar-refractivity contribution in [2.24, 2.45) is 0 Å². The van der Waals surface area contributed by atoms with E-state index in [1.54, 1.807) is 0 Å². The van der Waals surface area contributed by atoms with Gasteiger partial charge in [0.15, 0.2) is 0 Å². The maximum absolute atomic E-state index is 5.90. The Morgan fingerprint density at radius 1 is 0.950 bits per heavy atom. The van der Waals surface area contributed by atoms with Crippen LogP contribution in [0.15, 0.2) is 60.9 Å². The molecule has 0 aliphatic rings. The third kappa shape index (κ3) is 2.91. The Balaban J connectivity index is 1.80. The van der Waals surface area contributed by atoms with Gasteiger partial charge in [-0.1, -0.05) is 53.6 Å². The van der Waals surface area contributed by atoms with Gasteiger partial charge in [0.1, 0.15) is 0 Å². The van der Waals surface area contributed by atoms with Crippen LogP contribution in [-0.4, -0.2) is 9.78 Å². The highest BCUT2D eigenvalue weighted by molar-refractivity contribution is 6.30. The minimum Gasteiger partial charge on any atom is -0.268 e. The van der Waals surface area contributed by atoms with Crippen LogP contribution < -0.4 is 0 Å². The monoisotopic (exact) mass is 282 g/mol. The third-order valence-corrected chi connectivity index (χ3v) is 3.53. The topological polar surface area (TPSA) is 17.8 Å². The summed E-state index contributed by atoms with van der Waals surface area (Å²) in [7, 11) is 0. The maximum atomic E-state index is 5.90. The van der Waals surface area contributed by atoms with E-state index in [2.05, 4.69) is 42.5 Å². The molecule has 0 saturated heterocycles. The quantitative estimate of drug-likeness (QED) is 0.688. The predicted molar refractivity (Wildman–Crippen MR) is 83.0 cm³/mol. The second kappa shape index (κ2) is 5.51. The van der Waals surface area contributed by atoms with Gasteiger partial charge >= 0.3 is 0 Å². The summed E-state index contributed by atoms with van der Waals surface area (Å²) < 4.78 is 1.95. The molecule has 3 aromatic rings.